The zero-order valence-electron chi connectivity index (χ0n) is 13.6. The van der Waals surface area contributed by atoms with Gasteiger partial charge in [-0.05, 0) is 56.2 Å². The largest absolute Gasteiger partial charge is 0.497 e. The van der Waals surface area contributed by atoms with Gasteiger partial charge in [-0.15, -0.1) is 0 Å². The van der Waals surface area contributed by atoms with E-state index in [1.807, 2.05) is 31.2 Å². The maximum absolute atomic E-state index is 11.3. The molecule has 1 unspecified atom stereocenters. The zero-order chi connectivity index (χ0) is 15.5. The summed E-state index contributed by atoms with van der Waals surface area (Å²) in [5.41, 5.74) is 5.94. The summed E-state index contributed by atoms with van der Waals surface area (Å²) in [5.74, 6) is 1.60. The highest BCUT2D eigenvalue weighted by atomic mass is 16.5. The molecule has 0 bridgehead atoms. The normalized spacial score (nSPS) is 28.9. The second-order valence-corrected chi connectivity index (χ2v) is 6.64. The van der Waals surface area contributed by atoms with E-state index in [-0.39, 0.29) is 5.41 Å². The van der Waals surface area contributed by atoms with E-state index >= 15 is 0 Å². The van der Waals surface area contributed by atoms with Gasteiger partial charge in [0.25, 0.3) is 0 Å². The molecule has 1 fully saturated rings. The molecule has 0 aromatic heterocycles. The summed E-state index contributed by atoms with van der Waals surface area (Å²) in [6.07, 6.45) is 5.56. The molecule has 0 aliphatic heterocycles. The Morgan fingerprint density at radius 2 is 1.86 bits per heavy atom. The average Bonchev–Trinajstić information content (AvgIpc) is 2.54. The van der Waals surface area contributed by atoms with Crippen molar-refractivity contribution in [2.45, 2.75) is 51.6 Å². The molecule has 3 nitrogen and oxygen atoms in total. The standard InChI is InChI=1S/C18H29NO2/c1-4-14-9-11-18(13-19,12-10-14)17(2,20)15-5-7-16(21-3)8-6-15/h5-8,14,20H,4,9-13,19H2,1-3H3. The first-order chi connectivity index (χ1) is 9.99. The molecule has 1 aliphatic rings. The molecular formula is C18H29NO2. The van der Waals surface area contributed by atoms with Gasteiger partial charge >= 0.3 is 0 Å². The van der Waals surface area contributed by atoms with Gasteiger partial charge < -0.3 is 15.6 Å². The number of rotatable bonds is 5. The summed E-state index contributed by atoms with van der Waals surface area (Å²) < 4.78 is 5.20. The van der Waals surface area contributed by atoms with E-state index in [9.17, 15) is 5.11 Å². The van der Waals surface area contributed by atoms with Crippen LogP contribution in [-0.4, -0.2) is 18.8 Å². The van der Waals surface area contributed by atoms with E-state index in [4.69, 9.17) is 10.5 Å². The first-order valence-electron chi connectivity index (χ1n) is 8.06. The first kappa shape index (κ1) is 16.3. The van der Waals surface area contributed by atoms with Crippen molar-refractivity contribution >= 4 is 0 Å². The molecule has 0 radical (unpaired) electrons. The van der Waals surface area contributed by atoms with Crippen LogP contribution in [0.25, 0.3) is 0 Å². The predicted molar refractivity (Wildman–Crippen MR) is 86.3 cm³/mol. The molecule has 2 rings (SSSR count). The SMILES string of the molecule is CCC1CCC(CN)(C(C)(O)c2ccc(OC)cc2)CC1. The number of aliphatic hydroxyl groups is 1. The third-order valence-corrected chi connectivity index (χ3v) is 5.72. The molecule has 0 heterocycles. The number of methoxy groups -OCH3 is 1. The van der Waals surface area contributed by atoms with Crippen LogP contribution in [0, 0.1) is 11.3 Å². The Balaban J connectivity index is 2.26. The fourth-order valence-corrected chi connectivity index (χ4v) is 3.75. The molecule has 3 N–H and O–H groups in total. The lowest BCUT2D eigenvalue weighted by Gasteiger charge is -2.49. The quantitative estimate of drug-likeness (QED) is 0.873. The molecule has 1 saturated carbocycles. The fourth-order valence-electron chi connectivity index (χ4n) is 3.75. The fraction of sp³-hybridized carbons (Fsp3) is 0.667. The molecule has 1 aliphatic carbocycles. The van der Waals surface area contributed by atoms with Crippen LogP contribution in [0.1, 0.15) is 51.5 Å². The number of benzene rings is 1. The van der Waals surface area contributed by atoms with Crippen molar-refractivity contribution in [1.29, 1.82) is 0 Å². The number of hydrogen-bond acceptors (Lipinski definition) is 3. The van der Waals surface area contributed by atoms with E-state index in [0.29, 0.717) is 6.54 Å². The third-order valence-electron chi connectivity index (χ3n) is 5.72. The van der Waals surface area contributed by atoms with Gasteiger partial charge in [-0.2, -0.15) is 0 Å². The maximum Gasteiger partial charge on any atom is 0.118 e. The van der Waals surface area contributed by atoms with Crippen molar-refractivity contribution in [3.63, 3.8) is 0 Å². The van der Waals surface area contributed by atoms with Crippen LogP contribution < -0.4 is 10.5 Å². The second-order valence-electron chi connectivity index (χ2n) is 6.64. The van der Waals surface area contributed by atoms with Crippen LogP contribution in [0.5, 0.6) is 5.75 Å². The Kier molecular flexibility index (Phi) is 4.95. The van der Waals surface area contributed by atoms with Crippen molar-refractivity contribution in [1.82, 2.24) is 0 Å². The highest BCUT2D eigenvalue weighted by molar-refractivity contribution is 5.32. The van der Waals surface area contributed by atoms with E-state index in [1.54, 1.807) is 7.11 Å². The predicted octanol–water partition coefficient (Wildman–Crippen LogP) is 3.45. The molecule has 1 aromatic carbocycles. The Hall–Kier alpha value is -1.06. The summed E-state index contributed by atoms with van der Waals surface area (Å²) in [6.45, 7) is 4.71. The minimum atomic E-state index is -0.896. The molecule has 118 valence electrons. The lowest BCUT2D eigenvalue weighted by Crippen LogP contribution is -2.50. The average molecular weight is 291 g/mol. The van der Waals surface area contributed by atoms with Crippen molar-refractivity contribution in [2.24, 2.45) is 17.1 Å². The van der Waals surface area contributed by atoms with Crippen LogP contribution >= 0.6 is 0 Å². The van der Waals surface area contributed by atoms with Crippen LogP contribution in [-0.2, 0) is 5.60 Å². The minimum absolute atomic E-state index is 0.215. The Labute approximate surface area is 128 Å². The Bertz CT molecular complexity index is 445. The molecule has 0 spiro atoms. The summed E-state index contributed by atoms with van der Waals surface area (Å²) in [7, 11) is 1.65. The van der Waals surface area contributed by atoms with Crippen molar-refractivity contribution in [2.75, 3.05) is 13.7 Å². The number of ether oxygens (including phenoxy) is 1. The van der Waals surface area contributed by atoms with Gasteiger partial charge in [0.2, 0.25) is 0 Å². The van der Waals surface area contributed by atoms with E-state index in [0.717, 1.165) is 30.1 Å². The molecule has 0 amide bonds. The molecule has 1 aromatic rings. The molecule has 3 heteroatoms. The zero-order valence-corrected chi connectivity index (χ0v) is 13.6. The topological polar surface area (TPSA) is 55.5 Å². The Morgan fingerprint density at radius 3 is 2.29 bits per heavy atom. The van der Waals surface area contributed by atoms with E-state index in [2.05, 4.69) is 6.92 Å². The van der Waals surface area contributed by atoms with E-state index < -0.39 is 5.60 Å². The van der Waals surface area contributed by atoms with Gasteiger partial charge in [-0.25, -0.2) is 0 Å². The minimum Gasteiger partial charge on any atom is -0.497 e. The molecular weight excluding hydrogens is 262 g/mol. The maximum atomic E-state index is 11.3. The first-order valence-corrected chi connectivity index (χ1v) is 8.06. The number of hydrogen-bond donors (Lipinski definition) is 2. The van der Waals surface area contributed by atoms with Gasteiger partial charge in [0.05, 0.1) is 12.7 Å². The summed E-state index contributed by atoms with van der Waals surface area (Å²) in [5, 5.41) is 11.3. The van der Waals surface area contributed by atoms with Gasteiger partial charge in [-0.3, -0.25) is 0 Å². The van der Waals surface area contributed by atoms with Gasteiger partial charge in [0, 0.05) is 12.0 Å². The van der Waals surface area contributed by atoms with E-state index in [1.165, 1.54) is 19.3 Å². The lowest BCUT2D eigenvalue weighted by molar-refractivity contribution is -0.0981. The van der Waals surface area contributed by atoms with Crippen LogP contribution in [0.15, 0.2) is 24.3 Å². The highest BCUT2D eigenvalue weighted by Gasteiger charge is 2.48. The smallest absolute Gasteiger partial charge is 0.118 e. The monoisotopic (exact) mass is 291 g/mol. The van der Waals surface area contributed by atoms with Crippen LogP contribution in [0.2, 0.25) is 0 Å². The molecule has 21 heavy (non-hydrogen) atoms. The molecule has 1 atom stereocenters. The van der Waals surface area contributed by atoms with Crippen molar-refractivity contribution in [3.8, 4) is 5.75 Å². The Morgan fingerprint density at radius 1 is 1.29 bits per heavy atom. The van der Waals surface area contributed by atoms with Gasteiger partial charge in [-0.1, -0.05) is 25.5 Å². The van der Waals surface area contributed by atoms with Gasteiger partial charge in [0.15, 0.2) is 0 Å². The highest BCUT2D eigenvalue weighted by Crippen LogP contribution is 2.50. The van der Waals surface area contributed by atoms with Crippen molar-refractivity contribution < 1.29 is 9.84 Å². The van der Waals surface area contributed by atoms with Crippen molar-refractivity contribution in [3.05, 3.63) is 29.8 Å². The summed E-state index contributed by atoms with van der Waals surface area (Å²) in [6, 6.07) is 7.74. The number of nitrogens with two attached hydrogens (primary N) is 1. The van der Waals surface area contributed by atoms with Crippen LogP contribution in [0.4, 0.5) is 0 Å². The summed E-state index contributed by atoms with van der Waals surface area (Å²) >= 11 is 0. The third kappa shape index (κ3) is 2.95. The van der Waals surface area contributed by atoms with Crippen LogP contribution in [0.3, 0.4) is 0 Å². The summed E-state index contributed by atoms with van der Waals surface area (Å²) in [4.78, 5) is 0. The van der Waals surface area contributed by atoms with Gasteiger partial charge in [0.1, 0.15) is 5.75 Å². The lowest BCUT2D eigenvalue weighted by atomic mass is 9.59. The second kappa shape index (κ2) is 6.37. The molecule has 0 saturated heterocycles.